The normalized spacial score (nSPS) is 10.8. The van der Waals surface area contributed by atoms with Crippen LogP contribution in [0.3, 0.4) is 0 Å². The number of nitrogens with one attached hydrogen (secondary N) is 1. The van der Waals surface area contributed by atoms with E-state index in [1.54, 1.807) is 30.3 Å². The minimum Gasteiger partial charge on any atom is -0.399 e. The molecule has 2 aromatic carbocycles. The number of nitrogen functional groups attached to an aromatic ring is 1. The first-order chi connectivity index (χ1) is 10.0. The van der Waals surface area contributed by atoms with Gasteiger partial charge in [0.25, 0.3) is 0 Å². The van der Waals surface area contributed by atoms with Crippen LogP contribution in [-0.2, 0) is 11.3 Å². The fourth-order valence-corrected chi connectivity index (χ4v) is 1.70. The summed E-state index contributed by atoms with van der Waals surface area (Å²) in [5.41, 5.74) is 7.11. The van der Waals surface area contributed by atoms with Crippen LogP contribution in [0.15, 0.2) is 48.5 Å². The van der Waals surface area contributed by atoms with Gasteiger partial charge in [0.2, 0.25) is 5.91 Å². The summed E-state index contributed by atoms with van der Waals surface area (Å²) in [5, 5.41) is 2.49. The second kappa shape index (κ2) is 6.65. The number of carbonyl (C=O) groups excluding carboxylic acids is 1. The molecule has 0 aromatic heterocycles. The number of carbonyl (C=O) groups is 1. The molecule has 21 heavy (non-hydrogen) atoms. The van der Waals surface area contributed by atoms with Crippen LogP contribution in [-0.4, -0.2) is 5.91 Å². The van der Waals surface area contributed by atoms with E-state index in [0.29, 0.717) is 5.69 Å². The van der Waals surface area contributed by atoms with Gasteiger partial charge in [-0.3, -0.25) is 4.79 Å². The minimum atomic E-state index is -0.556. The van der Waals surface area contributed by atoms with Gasteiger partial charge < -0.3 is 11.1 Å². The molecule has 0 atom stereocenters. The summed E-state index contributed by atoms with van der Waals surface area (Å²) in [6.45, 7) is -0.0749. The van der Waals surface area contributed by atoms with Gasteiger partial charge in [-0.25, -0.2) is 8.78 Å². The lowest BCUT2D eigenvalue weighted by Gasteiger charge is -2.04. The lowest BCUT2D eigenvalue weighted by Crippen LogP contribution is -2.21. The quantitative estimate of drug-likeness (QED) is 0.671. The smallest absolute Gasteiger partial charge is 0.244 e. The maximum Gasteiger partial charge on any atom is 0.244 e. The van der Waals surface area contributed by atoms with Gasteiger partial charge in [0.1, 0.15) is 11.6 Å². The molecule has 0 unspecified atom stereocenters. The van der Waals surface area contributed by atoms with E-state index in [1.165, 1.54) is 6.08 Å². The van der Waals surface area contributed by atoms with Crippen molar-refractivity contribution in [3.8, 4) is 0 Å². The Labute approximate surface area is 121 Å². The van der Waals surface area contributed by atoms with E-state index in [4.69, 9.17) is 5.73 Å². The predicted molar refractivity (Wildman–Crippen MR) is 78.1 cm³/mol. The number of halogens is 2. The van der Waals surface area contributed by atoms with Gasteiger partial charge in [-0.1, -0.05) is 12.1 Å². The summed E-state index contributed by atoms with van der Waals surface area (Å²) in [6, 6.07) is 10.1. The van der Waals surface area contributed by atoms with Crippen LogP contribution < -0.4 is 11.1 Å². The number of anilines is 1. The second-order valence-electron chi connectivity index (χ2n) is 4.45. The molecule has 108 valence electrons. The molecule has 0 aliphatic rings. The standard InChI is InChI=1S/C16H14F2N2O/c17-13-4-7-15(18)12(9-13)10-20-16(21)8-3-11-1-5-14(19)6-2-11/h1-9H,10,19H2,(H,20,21)/b8-3+. The average Bonchev–Trinajstić information content (AvgIpc) is 2.47. The van der Waals surface area contributed by atoms with Gasteiger partial charge in [0.15, 0.2) is 0 Å². The van der Waals surface area contributed by atoms with Crippen LogP contribution in [0.1, 0.15) is 11.1 Å². The van der Waals surface area contributed by atoms with Gasteiger partial charge in [-0.2, -0.15) is 0 Å². The zero-order chi connectivity index (χ0) is 15.2. The van der Waals surface area contributed by atoms with Crippen molar-refractivity contribution in [1.29, 1.82) is 0 Å². The molecular weight excluding hydrogens is 274 g/mol. The Bertz CT molecular complexity index is 666. The summed E-state index contributed by atoms with van der Waals surface area (Å²) in [7, 11) is 0. The van der Waals surface area contributed by atoms with Crippen LogP contribution in [0.25, 0.3) is 6.08 Å². The molecule has 3 N–H and O–H groups in total. The fourth-order valence-electron chi connectivity index (χ4n) is 1.70. The van der Waals surface area contributed by atoms with Crippen molar-refractivity contribution < 1.29 is 13.6 Å². The average molecular weight is 288 g/mol. The van der Waals surface area contributed by atoms with E-state index in [9.17, 15) is 13.6 Å². The van der Waals surface area contributed by atoms with Crippen LogP contribution in [0.2, 0.25) is 0 Å². The number of hydrogen-bond acceptors (Lipinski definition) is 2. The molecule has 2 rings (SSSR count). The van der Waals surface area contributed by atoms with E-state index in [-0.39, 0.29) is 12.1 Å². The highest BCUT2D eigenvalue weighted by molar-refractivity contribution is 5.91. The van der Waals surface area contributed by atoms with Crippen LogP contribution in [0, 0.1) is 11.6 Å². The lowest BCUT2D eigenvalue weighted by molar-refractivity contribution is -0.116. The Morgan fingerprint density at radius 2 is 1.86 bits per heavy atom. The van der Waals surface area contributed by atoms with Crippen LogP contribution in [0.4, 0.5) is 14.5 Å². The summed E-state index contributed by atoms with van der Waals surface area (Å²) < 4.78 is 26.3. The summed E-state index contributed by atoms with van der Waals surface area (Å²) >= 11 is 0. The maximum atomic E-state index is 13.4. The molecule has 0 fully saturated rings. The SMILES string of the molecule is Nc1ccc(/C=C/C(=O)NCc2cc(F)ccc2F)cc1. The van der Waals surface area contributed by atoms with E-state index >= 15 is 0 Å². The molecule has 1 amide bonds. The van der Waals surface area contributed by atoms with Crippen LogP contribution >= 0.6 is 0 Å². The monoisotopic (exact) mass is 288 g/mol. The van der Waals surface area contributed by atoms with E-state index in [0.717, 1.165) is 23.8 Å². The number of rotatable bonds is 4. The van der Waals surface area contributed by atoms with Crippen molar-refractivity contribution >= 4 is 17.7 Å². The third kappa shape index (κ3) is 4.42. The third-order valence-electron chi connectivity index (χ3n) is 2.82. The molecule has 2 aromatic rings. The molecule has 3 nitrogen and oxygen atoms in total. The summed E-state index contributed by atoms with van der Waals surface area (Å²) in [5.74, 6) is -1.49. The van der Waals surface area contributed by atoms with Gasteiger partial charge >= 0.3 is 0 Å². The Morgan fingerprint density at radius 3 is 2.57 bits per heavy atom. The van der Waals surface area contributed by atoms with E-state index in [2.05, 4.69) is 5.32 Å². The zero-order valence-corrected chi connectivity index (χ0v) is 11.1. The largest absolute Gasteiger partial charge is 0.399 e. The highest BCUT2D eigenvalue weighted by atomic mass is 19.1. The number of nitrogens with two attached hydrogens (primary N) is 1. The molecule has 0 saturated heterocycles. The second-order valence-corrected chi connectivity index (χ2v) is 4.45. The summed E-state index contributed by atoms with van der Waals surface area (Å²) in [4.78, 5) is 11.6. The van der Waals surface area contributed by atoms with Crippen molar-refractivity contribution in [2.75, 3.05) is 5.73 Å². The number of hydrogen-bond donors (Lipinski definition) is 2. The van der Waals surface area contributed by atoms with Crippen LogP contribution in [0.5, 0.6) is 0 Å². The Balaban J connectivity index is 1.93. The van der Waals surface area contributed by atoms with Gasteiger partial charge in [-0.05, 0) is 42.0 Å². The Morgan fingerprint density at radius 1 is 1.14 bits per heavy atom. The highest BCUT2D eigenvalue weighted by Gasteiger charge is 2.04. The molecule has 0 aliphatic heterocycles. The van der Waals surface area contributed by atoms with E-state index in [1.807, 2.05) is 0 Å². The Kier molecular flexibility index (Phi) is 4.66. The minimum absolute atomic E-state index is 0.0749. The van der Waals surface area contributed by atoms with Gasteiger partial charge in [0.05, 0.1) is 0 Å². The highest BCUT2D eigenvalue weighted by Crippen LogP contribution is 2.09. The first kappa shape index (κ1) is 14.7. The molecule has 0 bridgehead atoms. The molecule has 0 heterocycles. The lowest BCUT2D eigenvalue weighted by atomic mass is 10.2. The van der Waals surface area contributed by atoms with Crippen molar-refractivity contribution in [1.82, 2.24) is 5.32 Å². The molecule has 0 saturated carbocycles. The first-order valence-electron chi connectivity index (χ1n) is 6.30. The maximum absolute atomic E-state index is 13.4. The zero-order valence-electron chi connectivity index (χ0n) is 11.1. The molecule has 5 heteroatoms. The number of benzene rings is 2. The fraction of sp³-hybridized carbons (Fsp3) is 0.0625. The first-order valence-corrected chi connectivity index (χ1v) is 6.30. The molecule has 0 spiro atoms. The van der Waals surface area contributed by atoms with Gasteiger partial charge in [0, 0.05) is 23.9 Å². The van der Waals surface area contributed by atoms with Crippen molar-refractivity contribution in [2.45, 2.75) is 6.54 Å². The molecule has 0 radical (unpaired) electrons. The van der Waals surface area contributed by atoms with Gasteiger partial charge in [-0.15, -0.1) is 0 Å². The topological polar surface area (TPSA) is 55.1 Å². The van der Waals surface area contributed by atoms with E-state index < -0.39 is 17.5 Å². The van der Waals surface area contributed by atoms with Crippen molar-refractivity contribution in [2.24, 2.45) is 0 Å². The van der Waals surface area contributed by atoms with Crippen molar-refractivity contribution in [3.63, 3.8) is 0 Å². The van der Waals surface area contributed by atoms with Crippen molar-refractivity contribution in [3.05, 3.63) is 71.3 Å². The molecule has 0 aliphatic carbocycles. The Hall–Kier alpha value is -2.69. The third-order valence-corrected chi connectivity index (χ3v) is 2.82. The summed E-state index contributed by atoms with van der Waals surface area (Å²) in [6.07, 6.45) is 2.93. The predicted octanol–water partition coefficient (Wildman–Crippen LogP) is 2.88. The molecular formula is C16H14F2N2O. The number of amides is 1.